The van der Waals surface area contributed by atoms with E-state index in [4.69, 9.17) is 4.74 Å². The third kappa shape index (κ3) is 4.26. The molecule has 0 bridgehead atoms. The van der Waals surface area contributed by atoms with Gasteiger partial charge in [-0.25, -0.2) is 4.79 Å². The smallest absolute Gasteiger partial charge is 0.410 e. The van der Waals surface area contributed by atoms with Crippen molar-refractivity contribution in [1.29, 1.82) is 0 Å². The van der Waals surface area contributed by atoms with E-state index < -0.39 is 5.60 Å². The number of allylic oxidation sites excluding steroid dienone is 4. The molecule has 1 amide bonds. The molecule has 3 heteroatoms. The normalized spacial score (nSPS) is 20.8. The zero-order chi connectivity index (χ0) is 22.3. The van der Waals surface area contributed by atoms with Gasteiger partial charge in [-0.2, -0.15) is 0 Å². The Morgan fingerprint density at radius 3 is 2.44 bits per heavy atom. The van der Waals surface area contributed by atoms with Crippen molar-refractivity contribution in [3.63, 3.8) is 0 Å². The van der Waals surface area contributed by atoms with E-state index in [2.05, 4.69) is 60.7 Å². The topological polar surface area (TPSA) is 29.5 Å². The Balaban J connectivity index is 1.22. The highest BCUT2D eigenvalue weighted by atomic mass is 16.6. The summed E-state index contributed by atoms with van der Waals surface area (Å²) in [5.74, 6) is 1.08. The molecule has 1 atom stereocenters. The summed E-state index contributed by atoms with van der Waals surface area (Å²) >= 11 is 0. The molecule has 1 saturated heterocycles. The van der Waals surface area contributed by atoms with E-state index in [0.29, 0.717) is 11.8 Å². The predicted molar refractivity (Wildman–Crippen MR) is 130 cm³/mol. The lowest BCUT2D eigenvalue weighted by Crippen LogP contribution is -2.41. The van der Waals surface area contributed by atoms with Crippen molar-refractivity contribution in [2.75, 3.05) is 13.1 Å². The van der Waals surface area contributed by atoms with Crippen LogP contribution in [0.4, 0.5) is 4.79 Å². The molecule has 32 heavy (non-hydrogen) atoms. The van der Waals surface area contributed by atoms with Gasteiger partial charge in [-0.3, -0.25) is 0 Å². The molecule has 166 valence electrons. The first-order chi connectivity index (χ1) is 15.4. The maximum absolute atomic E-state index is 12.3. The summed E-state index contributed by atoms with van der Waals surface area (Å²) in [5.41, 5.74) is 8.18. The highest BCUT2D eigenvalue weighted by Crippen LogP contribution is 2.44. The lowest BCUT2D eigenvalue weighted by molar-refractivity contribution is 0.0205. The van der Waals surface area contributed by atoms with E-state index in [-0.39, 0.29) is 6.09 Å². The lowest BCUT2D eigenvalue weighted by atomic mass is 9.85. The summed E-state index contributed by atoms with van der Waals surface area (Å²) in [7, 11) is 0. The molecule has 0 N–H and O–H groups in total. The molecule has 3 aliphatic rings. The monoisotopic (exact) mass is 427 g/mol. The molecule has 0 radical (unpaired) electrons. The average Bonchev–Trinajstić information content (AvgIpc) is 3.16. The van der Waals surface area contributed by atoms with Crippen LogP contribution in [0.5, 0.6) is 0 Å². The maximum atomic E-state index is 12.3. The summed E-state index contributed by atoms with van der Waals surface area (Å²) in [6.07, 6.45) is 8.81. The van der Waals surface area contributed by atoms with E-state index in [1.54, 1.807) is 5.57 Å². The second-order valence-electron chi connectivity index (χ2n) is 10.4. The number of carbonyl (C=O) groups is 1. The van der Waals surface area contributed by atoms with Crippen molar-refractivity contribution in [3.8, 4) is 0 Å². The Kier molecular flexibility index (Phi) is 5.44. The quantitative estimate of drug-likeness (QED) is 0.524. The molecule has 2 aromatic carbocycles. The third-order valence-electron chi connectivity index (χ3n) is 7.05. The first kappa shape index (κ1) is 21.1. The third-order valence-corrected chi connectivity index (χ3v) is 7.05. The van der Waals surface area contributed by atoms with Crippen molar-refractivity contribution >= 4 is 11.7 Å². The Morgan fingerprint density at radius 2 is 1.72 bits per heavy atom. The van der Waals surface area contributed by atoms with Crippen LogP contribution in [0.15, 0.2) is 66.3 Å². The minimum absolute atomic E-state index is 0.184. The number of hydrogen-bond donors (Lipinski definition) is 0. The summed E-state index contributed by atoms with van der Waals surface area (Å²) in [4.78, 5) is 14.2. The van der Waals surface area contributed by atoms with Gasteiger partial charge < -0.3 is 9.64 Å². The van der Waals surface area contributed by atoms with Gasteiger partial charge in [0.1, 0.15) is 5.60 Å². The highest BCUT2D eigenvalue weighted by Gasteiger charge is 2.29. The van der Waals surface area contributed by atoms with Gasteiger partial charge in [0.05, 0.1) is 0 Å². The van der Waals surface area contributed by atoms with E-state index in [9.17, 15) is 4.79 Å². The van der Waals surface area contributed by atoms with Crippen LogP contribution >= 0.6 is 0 Å². The average molecular weight is 428 g/mol. The zero-order valence-electron chi connectivity index (χ0n) is 19.4. The fourth-order valence-electron chi connectivity index (χ4n) is 5.38. The summed E-state index contributed by atoms with van der Waals surface area (Å²) in [6.45, 7) is 7.29. The molecule has 0 spiro atoms. The summed E-state index contributed by atoms with van der Waals surface area (Å²) in [6, 6.07) is 18.0. The number of piperidine rings is 1. The number of amides is 1. The molecule has 2 aliphatic carbocycles. The van der Waals surface area contributed by atoms with Crippen LogP contribution in [0, 0.1) is 0 Å². The van der Waals surface area contributed by atoms with Crippen LogP contribution in [-0.2, 0) is 11.2 Å². The minimum atomic E-state index is -0.436. The van der Waals surface area contributed by atoms with Crippen LogP contribution in [0.2, 0.25) is 0 Å². The van der Waals surface area contributed by atoms with Crippen LogP contribution in [0.25, 0.3) is 5.57 Å². The molecule has 3 nitrogen and oxygen atoms in total. The van der Waals surface area contributed by atoms with Gasteiger partial charge in [0.15, 0.2) is 0 Å². The number of benzene rings is 2. The molecular formula is C29H33NO2. The fraction of sp³-hybridized carbons (Fsp3) is 0.414. The van der Waals surface area contributed by atoms with Crippen LogP contribution < -0.4 is 0 Å². The molecule has 0 saturated carbocycles. The first-order valence-corrected chi connectivity index (χ1v) is 11.9. The summed E-state index contributed by atoms with van der Waals surface area (Å²) in [5, 5.41) is 0. The number of ether oxygens (including phenoxy) is 1. The zero-order valence-corrected chi connectivity index (χ0v) is 19.4. The molecular weight excluding hydrogens is 394 g/mol. The van der Waals surface area contributed by atoms with Crippen molar-refractivity contribution < 1.29 is 9.53 Å². The van der Waals surface area contributed by atoms with Crippen LogP contribution in [-0.4, -0.2) is 29.7 Å². The largest absolute Gasteiger partial charge is 0.444 e. The molecule has 2 aromatic rings. The summed E-state index contributed by atoms with van der Waals surface area (Å²) < 4.78 is 5.53. The van der Waals surface area contributed by atoms with E-state index in [0.717, 1.165) is 38.8 Å². The van der Waals surface area contributed by atoms with E-state index in [1.807, 2.05) is 25.7 Å². The maximum Gasteiger partial charge on any atom is 0.410 e. The van der Waals surface area contributed by atoms with E-state index >= 15 is 0 Å². The first-order valence-electron chi connectivity index (χ1n) is 11.9. The second kappa shape index (κ2) is 8.27. The number of fused-ring (bicyclic) bond motifs is 3. The molecule has 1 unspecified atom stereocenters. The van der Waals surface area contributed by atoms with Gasteiger partial charge >= 0.3 is 6.09 Å². The Hall–Kier alpha value is -2.81. The molecule has 5 rings (SSSR count). The van der Waals surface area contributed by atoms with Crippen molar-refractivity contribution in [2.45, 2.75) is 63.9 Å². The van der Waals surface area contributed by atoms with Gasteiger partial charge in [-0.1, -0.05) is 66.3 Å². The molecule has 1 aliphatic heterocycles. The second-order valence-corrected chi connectivity index (χ2v) is 10.4. The van der Waals surface area contributed by atoms with Crippen molar-refractivity contribution in [3.05, 3.63) is 88.5 Å². The van der Waals surface area contributed by atoms with Gasteiger partial charge in [-0.15, -0.1) is 0 Å². The lowest BCUT2D eigenvalue weighted by Gasteiger charge is -2.33. The fourth-order valence-corrected chi connectivity index (χ4v) is 5.38. The van der Waals surface area contributed by atoms with Gasteiger partial charge in [0.25, 0.3) is 0 Å². The van der Waals surface area contributed by atoms with Gasteiger partial charge in [-0.05, 0) is 80.2 Å². The number of hydrogen-bond acceptors (Lipinski definition) is 2. The van der Waals surface area contributed by atoms with Crippen molar-refractivity contribution in [1.82, 2.24) is 4.90 Å². The number of rotatable bonds is 2. The number of nitrogens with zero attached hydrogens (tertiary/aromatic N) is 1. The predicted octanol–water partition coefficient (Wildman–Crippen LogP) is 6.85. The molecule has 0 aromatic heterocycles. The Bertz CT molecular complexity index is 1060. The molecule has 1 fully saturated rings. The van der Waals surface area contributed by atoms with E-state index in [1.165, 1.54) is 27.8 Å². The number of likely N-dealkylation sites (tertiary alicyclic amines) is 1. The minimum Gasteiger partial charge on any atom is -0.444 e. The van der Waals surface area contributed by atoms with Gasteiger partial charge in [0.2, 0.25) is 0 Å². The highest BCUT2D eigenvalue weighted by molar-refractivity contribution is 5.77. The number of carbonyl (C=O) groups excluding carboxylic acids is 1. The SMILES string of the molecule is CC(C)(C)OC(=O)N1CCC(c2ccc(C3=CCC4C(=C3)Cc3ccccc34)cc2)CC1. The Labute approximate surface area is 191 Å². The van der Waals surface area contributed by atoms with Crippen LogP contribution in [0.1, 0.15) is 74.1 Å². The molecule has 1 heterocycles. The van der Waals surface area contributed by atoms with Crippen LogP contribution in [0.3, 0.4) is 0 Å². The van der Waals surface area contributed by atoms with Gasteiger partial charge in [0, 0.05) is 19.0 Å². The Morgan fingerprint density at radius 1 is 1.00 bits per heavy atom. The standard InChI is InChI=1S/C29H33NO2/c1-29(2,3)32-28(31)30-16-14-22(15-17-30)20-8-10-21(11-9-20)23-12-13-27-25(18-23)19-24-6-4-5-7-26(24)27/h4-12,18,22,27H,13-17,19H2,1-3H3. The van der Waals surface area contributed by atoms with Crippen molar-refractivity contribution in [2.24, 2.45) is 0 Å².